The molecule has 0 aliphatic rings. The average Bonchev–Trinajstić information content (AvgIpc) is 3.32. The van der Waals surface area contributed by atoms with E-state index in [1.165, 1.54) is 0 Å². The number of amides is 1. The van der Waals surface area contributed by atoms with E-state index < -0.39 is 10.9 Å². The number of nitrogens with one attached hydrogen (secondary N) is 4. The number of nitrogens with zero attached hydrogens (tertiary/aromatic N) is 1. The lowest BCUT2D eigenvalue weighted by molar-refractivity contribution is 0.102. The Kier molecular flexibility index (Phi) is 6.19. The second-order valence-electron chi connectivity index (χ2n) is 8.21. The Morgan fingerprint density at radius 3 is 2.56 bits per heavy atom. The number of benzene rings is 3. The van der Waals surface area contributed by atoms with Crippen LogP contribution in [0.5, 0.6) is 5.75 Å². The molecule has 0 atom stereocenters. The molecule has 9 nitrogen and oxygen atoms in total. The first-order valence-corrected chi connectivity index (χ1v) is 11.3. The predicted octanol–water partition coefficient (Wildman–Crippen LogP) is 3.82. The number of rotatable bonds is 9. The molecular formula is C27H23N5O4. The Hall–Kier alpha value is -4.92. The average molecular weight is 482 g/mol. The molecule has 1 aromatic heterocycles. The van der Waals surface area contributed by atoms with Gasteiger partial charge in [-0.25, -0.2) is 0 Å². The number of anilines is 4. The summed E-state index contributed by atoms with van der Waals surface area (Å²) in [6.45, 7) is 0.475. The van der Waals surface area contributed by atoms with E-state index in [1.54, 1.807) is 49.6 Å². The number of carbonyl (C=O) groups is 1. The van der Waals surface area contributed by atoms with E-state index in [0.29, 0.717) is 40.9 Å². The molecule has 0 bridgehead atoms. The van der Waals surface area contributed by atoms with E-state index in [0.717, 1.165) is 11.3 Å². The second kappa shape index (κ2) is 9.75. The van der Waals surface area contributed by atoms with Crippen LogP contribution in [0.4, 0.5) is 22.9 Å². The predicted molar refractivity (Wildman–Crippen MR) is 140 cm³/mol. The van der Waals surface area contributed by atoms with E-state index >= 15 is 0 Å². The summed E-state index contributed by atoms with van der Waals surface area (Å²) in [5.74, 6) is 0.842. The Bertz CT molecular complexity index is 1620. The summed E-state index contributed by atoms with van der Waals surface area (Å²) >= 11 is 0. The molecule has 0 unspecified atom stereocenters. The van der Waals surface area contributed by atoms with Gasteiger partial charge in [0, 0.05) is 23.2 Å². The summed E-state index contributed by atoms with van der Waals surface area (Å²) in [6, 6.07) is 21.8. The SMILES string of the molecule is COc1cccc(CCNc2c(Nc3ccc4[nH]nc(NC(=O)c5ccccc5)c4c3)c(=O)c2=O)c1. The highest BCUT2D eigenvalue weighted by Crippen LogP contribution is 2.27. The smallest absolute Gasteiger partial charge is 0.256 e. The lowest BCUT2D eigenvalue weighted by Gasteiger charge is -2.15. The fraction of sp³-hybridized carbons (Fsp3) is 0.111. The van der Waals surface area contributed by atoms with Crippen LogP contribution in [0.1, 0.15) is 15.9 Å². The van der Waals surface area contributed by atoms with Crippen LogP contribution in [0, 0.1) is 0 Å². The minimum absolute atomic E-state index is 0.211. The molecule has 36 heavy (non-hydrogen) atoms. The lowest BCUT2D eigenvalue weighted by atomic mass is 10.1. The van der Waals surface area contributed by atoms with Gasteiger partial charge >= 0.3 is 0 Å². The maximum Gasteiger partial charge on any atom is 0.256 e. The highest BCUT2D eigenvalue weighted by molar-refractivity contribution is 6.08. The Labute approximate surface area is 205 Å². The van der Waals surface area contributed by atoms with Gasteiger partial charge in [-0.3, -0.25) is 19.5 Å². The fourth-order valence-corrected chi connectivity index (χ4v) is 3.94. The van der Waals surface area contributed by atoms with E-state index in [1.807, 2.05) is 30.3 Å². The third-order valence-electron chi connectivity index (χ3n) is 5.86. The molecule has 0 aliphatic heterocycles. The van der Waals surface area contributed by atoms with Gasteiger partial charge in [0.15, 0.2) is 5.82 Å². The van der Waals surface area contributed by atoms with Crippen molar-refractivity contribution in [3.05, 3.63) is 104 Å². The molecule has 1 heterocycles. The molecule has 9 heteroatoms. The number of aromatic nitrogens is 2. The van der Waals surface area contributed by atoms with Crippen LogP contribution >= 0.6 is 0 Å². The molecule has 0 fully saturated rings. The largest absolute Gasteiger partial charge is 0.497 e. The van der Waals surface area contributed by atoms with Crippen molar-refractivity contribution in [1.29, 1.82) is 0 Å². The molecule has 5 rings (SSSR count). The molecule has 180 valence electrons. The first kappa shape index (κ1) is 22.9. The quantitative estimate of drug-likeness (QED) is 0.236. The first-order valence-electron chi connectivity index (χ1n) is 11.3. The van der Waals surface area contributed by atoms with Gasteiger partial charge in [0.25, 0.3) is 16.8 Å². The number of carbonyl (C=O) groups excluding carboxylic acids is 1. The third kappa shape index (κ3) is 4.54. The van der Waals surface area contributed by atoms with Crippen molar-refractivity contribution in [2.75, 3.05) is 29.6 Å². The van der Waals surface area contributed by atoms with Crippen molar-refractivity contribution >= 4 is 39.7 Å². The van der Waals surface area contributed by atoms with Crippen LogP contribution in [-0.2, 0) is 6.42 Å². The normalized spacial score (nSPS) is 10.9. The fourth-order valence-electron chi connectivity index (χ4n) is 3.94. The van der Waals surface area contributed by atoms with Gasteiger partial charge in [-0.1, -0.05) is 30.3 Å². The summed E-state index contributed by atoms with van der Waals surface area (Å²) in [4.78, 5) is 37.0. The molecule has 1 amide bonds. The number of ether oxygens (including phenoxy) is 1. The number of hydrogen-bond acceptors (Lipinski definition) is 7. The summed E-state index contributed by atoms with van der Waals surface area (Å²) in [6.07, 6.45) is 0.654. The van der Waals surface area contributed by atoms with Crippen molar-refractivity contribution in [3.63, 3.8) is 0 Å². The highest BCUT2D eigenvalue weighted by atomic mass is 16.5. The van der Waals surface area contributed by atoms with Gasteiger partial charge in [0.05, 0.1) is 12.6 Å². The topological polar surface area (TPSA) is 125 Å². The zero-order valence-corrected chi connectivity index (χ0v) is 19.4. The Morgan fingerprint density at radius 1 is 0.944 bits per heavy atom. The van der Waals surface area contributed by atoms with Crippen molar-refractivity contribution < 1.29 is 9.53 Å². The van der Waals surface area contributed by atoms with E-state index in [4.69, 9.17) is 4.74 Å². The number of H-pyrrole nitrogens is 1. The van der Waals surface area contributed by atoms with Gasteiger partial charge in [-0.2, -0.15) is 5.10 Å². The summed E-state index contributed by atoms with van der Waals surface area (Å²) in [5.41, 5.74) is 2.19. The summed E-state index contributed by atoms with van der Waals surface area (Å²) < 4.78 is 5.24. The van der Waals surface area contributed by atoms with E-state index in [-0.39, 0.29) is 17.3 Å². The summed E-state index contributed by atoms with van der Waals surface area (Å²) in [7, 11) is 1.61. The number of hydrogen-bond donors (Lipinski definition) is 4. The third-order valence-corrected chi connectivity index (χ3v) is 5.86. The number of methoxy groups -OCH3 is 1. The van der Waals surface area contributed by atoms with Crippen molar-refractivity contribution in [3.8, 4) is 5.75 Å². The van der Waals surface area contributed by atoms with Gasteiger partial charge < -0.3 is 20.7 Å². The Morgan fingerprint density at radius 2 is 1.75 bits per heavy atom. The van der Waals surface area contributed by atoms with Crippen LogP contribution in [0.2, 0.25) is 0 Å². The molecule has 0 aliphatic carbocycles. The van der Waals surface area contributed by atoms with Crippen LogP contribution in [0.25, 0.3) is 10.9 Å². The van der Waals surface area contributed by atoms with Crippen LogP contribution in [0.15, 0.2) is 82.4 Å². The van der Waals surface area contributed by atoms with Crippen LogP contribution in [-0.4, -0.2) is 29.8 Å². The molecule has 0 saturated heterocycles. The second-order valence-corrected chi connectivity index (χ2v) is 8.21. The molecule has 0 radical (unpaired) electrons. The maximum absolute atomic E-state index is 12.5. The molecule has 0 spiro atoms. The van der Waals surface area contributed by atoms with E-state index in [9.17, 15) is 14.4 Å². The number of aromatic amines is 1. The minimum atomic E-state index is -0.580. The standard InChI is InChI=1S/C27H23N5O4/c1-36-19-9-5-6-16(14-19)12-13-28-22-23(25(34)24(22)33)29-18-10-11-21-20(15-18)26(32-31-21)30-27(35)17-7-3-2-4-8-17/h2-11,14-15,28-29H,12-13H2,1H3,(H2,30,31,32,35). The zero-order valence-electron chi connectivity index (χ0n) is 19.4. The van der Waals surface area contributed by atoms with Gasteiger partial charge in [-0.05, 0) is 54.4 Å². The van der Waals surface area contributed by atoms with Crippen molar-refractivity contribution in [2.45, 2.75) is 6.42 Å². The van der Waals surface area contributed by atoms with Gasteiger partial charge in [-0.15, -0.1) is 0 Å². The molecule has 4 N–H and O–H groups in total. The monoisotopic (exact) mass is 481 g/mol. The lowest BCUT2D eigenvalue weighted by Crippen LogP contribution is -2.37. The zero-order chi connectivity index (χ0) is 25.1. The van der Waals surface area contributed by atoms with Crippen LogP contribution < -0.4 is 31.5 Å². The maximum atomic E-state index is 12.5. The summed E-state index contributed by atoms with van der Waals surface area (Å²) in [5, 5.41) is 16.7. The van der Waals surface area contributed by atoms with E-state index in [2.05, 4.69) is 26.1 Å². The van der Waals surface area contributed by atoms with Crippen molar-refractivity contribution in [2.24, 2.45) is 0 Å². The highest BCUT2D eigenvalue weighted by Gasteiger charge is 2.21. The minimum Gasteiger partial charge on any atom is -0.497 e. The molecular weight excluding hydrogens is 458 g/mol. The molecule has 5 aromatic rings. The van der Waals surface area contributed by atoms with Crippen LogP contribution in [0.3, 0.4) is 0 Å². The van der Waals surface area contributed by atoms with Gasteiger partial charge in [0.1, 0.15) is 17.1 Å². The Balaban J connectivity index is 1.30. The first-order chi connectivity index (χ1) is 17.5. The van der Waals surface area contributed by atoms with Crippen molar-refractivity contribution in [1.82, 2.24) is 10.2 Å². The van der Waals surface area contributed by atoms with Gasteiger partial charge in [0.2, 0.25) is 0 Å². The molecule has 4 aromatic carbocycles. The number of fused-ring (bicyclic) bond motifs is 1. The molecule has 0 saturated carbocycles.